The zero-order valence-corrected chi connectivity index (χ0v) is 11.5. The second-order valence-electron chi connectivity index (χ2n) is 5.84. The quantitative estimate of drug-likeness (QED) is 0.801. The highest BCUT2D eigenvalue weighted by atomic mass is 15.2. The van der Waals surface area contributed by atoms with Crippen molar-refractivity contribution in [3.8, 4) is 0 Å². The van der Waals surface area contributed by atoms with Gasteiger partial charge in [-0.25, -0.2) is 0 Å². The van der Waals surface area contributed by atoms with Crippen molar-refractivity contribution in [3.63, 3.8) is 0 Å². The fraction of sp³-hybridized carbons (Fsp3) is 0.600. The molecule has 1 heterocycles. The molecule has 2 heteroatoms. The fourth-order valence-electron chi connectivity index (χ4n) is 2.55. The van der Waals surface area contributed by atoms with Crippen LogP contribution in [0.5, 0.6) is 0 Å². The molecule has 17 heavy (non-hydrogen) atoms. The first-order chi connectivity index (χ1) is 7.98. The first-order valence-corrected chi connectivity index (χ1v) is 6.55. The summed E-state index contributed by atoms with van der Waals surface area (Å²) in [4.78, 5) is 2.51. The summed E-state index contributed by atoms with van der Waals surface area (Å²) in [6, 6.07) is 6.76. The average molecular weight is 232 g/mol. The summed E-state index contributed by atoms with van der Waals surface area (Å²) in [5.41, 5.74) is 4.41. The molecular weight excluding hydrogens is 208 g/mol. The molecule has 0 saturated carbocycles. The van der Waals surface area contributed by atoms with Crippen LogP contribution in [0.3, 0.4) is 0 Å². The number of benzene rings is 1. The molecule has 2 rings (SSSR count). The molecule has 0 unspecified atom stereocenters. The minimum atomic E-state index is 0.271. The Hall–Kier alpha value is -1.02. The Balaban J connectivity index is 2.17. The van der Waals surface area contributed by atoms with Gasteiger partial charge in [-0.3, -0.25) is 0 Å². The maximum atomic E-state index is 3.61. The Morgan fingerprint density at radius 3 is 2.65 bits per heavy atom. The number of aryl methyl sites for hydroxylation is 2. The molecule has 0 atom stereocenters. The Labute approximate surface area is 105 Å². The Morgan fingerprint density at radius 2 is 1.94 bits per heavy atom. The molecule has 1 aliphatic rings. The molecule has 0 aliphatic carbocycles. The van der Waals surface area contributed by atoms with Crippen LogP contribution < -0.4 is 10.2 Å². The first kappa shape index (κ1) is 12.4. The molecule has 0 aromatic heterocycles. The van der Waals surface area contributed by atoms with E-state index in [0.717, 1.165) is 19.6 Å². The number of hydrogen-bond donors (Lipinski definition) is 1. The minimum absolute atomic E-state index is 0.271. The molecule has 94 valence electrons. The minimum Gasteiger partial charge on any atom is -0.370 e. The van der Waals surface area contributed by atoms with Gasteiger partial charge in [0.25, 0.3) is 0 Å². The molecule has 1 aromatic carbocycles. The van der Waals surface area contributed by atoms with Gasteiger partial charge in [-0.05, 0) is 45.7 Å². The maximum Gasteiger partial charge on any atom is 0.0396 e. The van der Waals surface area contributed by atoms with Crippen molar-refractivity contribution in [2.24, 2.45) is 0 Å². The van der Waals surface area contributed by atoms with E-state index in [0.29, 0.717) is 0 Å². The van der Waals surface area contributed by atoms with E-state index >= 15 is 0 Å². The summed E-state index contributed by atoms with van der Waals surface area (Å²) in [5, 5.41) is 3.61. The van der Waals surface area contributed by atoms with E-state index in [2.05, 4.69) is 56.1 Å². The average Bonchev–Trinajstić information content (AvgIpc) is 2.40. The molecule has 0 radical (unpaired) electrons. The van der Waals surface area contributed by atoms with E-state index in [9.17, 15) is 0 Å². The third-order valence-corrected chi connectivity index (χ3v) is 3.68. The number of nitrogens with zero attached hydrogens (tertiary/aromatic N) is 1. The smallest absolute Gasteiger partial charge is 0.0396 e. The second-order valence-corrected chi connectivity index (χ2v) is 5.84. The highest BCUT2D eigenvalue weighted by Gasteiger charge is 2.22. The van der Waals surface area contributed by atoms with E-state index < -0.39 is 0 Å². The number of anilines is 1. The van der Waals surface area contributed by atoms with E-state index in [1.165, 1.54) is 23.2 Å². The largest absolute Gasteiger partial charge is 0.370 e. The molecule has 1 aliphatic heterocycles. The summed E-state index contributed by atoms with van der Waals surface area (Å²) in [6.07, 6.45) is 1.19. The van der Waals surface area contributed by atoms with Crippen LogP contribution in [0.4, 0.5) is 5.69 Å². The Bertz CT molecular complexity index is 396. The van der Waals surface area contributed by atoms with Crippen molar-refractivity contribution >= 4 is 5.69 Å². The number of rotatable bonds is 1. The van der Waals surface area contributed by atoms with Crippen LogP contribution in [-0.4, -0.2) is 25.2 Å². The Kier molecular flexibility index (Phi) is 3.43. The zero-order chi connectivity index (χ0) is 12.5. The normalized spacial score (nSPS) is 20.1. The maximum absolute atomic E-state index is 3.61. The lowest BCUT2D eigenvalue weighted by molar-refractivity contribution is 0.394. The summed E-state index contributed by atoms with van der Waals surface area (Å²) >= 11 is 0. The van der Waals surface area contributed by atoms with Crippen molar-refractivity contribution in [1.82, 2.24) is 5.32 Å². The van der Waals surface area contributed by atoms with E-state index in [4.69, 9.17) is 0 Å². The van der Waals surface area contributed by atoms with Crippen molar-refractivity contribution < 1.29 is 0 Å². The van der Waals surface area contributed by atoms with Crippen LogP contribution in [0, 0.1) is 13.8 Å². The van der Waals surface area contributed by atoms with Crippen LogP contribution in [-0.2, 0) is 0 Å². The molecule has 1 aromatic rings. The van der Waals surface area contributed by atoms with Crippen molar-refractivity contribution in [2.45, 2.75) is 39.7 Å². The lowest BCUT2D eigenvalue weighted by Gasteiger charge is -2.26. The van der Waals surface area contributed by atoms with Gasteiger partial charge >= 0.3 is 0 Å². The third-order valence-electron chi connectivity index (χ3n) is 3.68. The Morgan fingerprint density at radius 1 is 1.18 bits per heavy atom. The topological polar surface area (TPSA) is 15.3 Å². The molecule has 1 saturated heterocycles. The highest BCUT2D eigenvalue weighted by molar-refractivity contribution is 5.54. The van der Waals surface area contributed by atoms with E-state index in [1.54, 1.807) is 0 Å². The van der Waals surface area contributed by atoms with Gasteiger partial charge in [0.2, 0.25) is 0 Å². The lowest BCUT2D eigenvalue weighted by Crippen LogP contribution is -2.39. The van der Waals surface area contributed by atoms with Crippen LogP contribution in [0.25, 0.3) is 0 Å². The number of hydrogen-bond acceptors (Lipinski definition) is 2. The molecule has 1 fully saturated rings. The first-order valence-electron chi connectivity index (χ1n) is 6.55. The lowest BCUT2D eigenvalue weighted by atomic mass is 10.0. The predicted octanol–water partition coefficient (Wildman–Crippen LogP) is 2.88. The SMILES string of the molecule is Cc1ccc(N2CCNC(C)(C)CC2)c(C)c1. The molecule has 1 N–H and O–H groups in total. The monoisotopic (exact) mass is 232 g/mol. The molecular formula is C15H24N2. The van der Waals surface area contributed by atoms with Crippen LogP contribution in [0.1, 0.15) is 31.4 Å². The van der Waals surface area contributed by atoms with Gasteiger partial charge < -0.3 is 10.2 Å². The van der Waals surface area contributed by atoms with Crippen LogP contribution >= 0.6 is 0 Å². The van der Waals surface area contributed by atoms with Gasteiger partial charge in [0.15, 0.2) is 0 Å². The van der Waals surface area contributed by atoms with E-state index in [-0.39, 0.29) is 5.54 Å². The summed E-state index contributed by atoms with van der Waals surface area (Å²) in [5.74, 6) is 0. The van der Waals surface area contributed by atoms with Gasteiger partial charge in [0.1, 0.15) is 0 Å². The van der Waals surface area contributed by atoms with Gasteiger partial charge in [-0.15, -0.1) is 0 Å². The van der Waals surface area contributed by atoms with Gasteiger partial charge in [-0.2, -0.15) is 0 Å². The van der Waals surface area contributed by atoms with Crippen LogP contribution in [0.15, 0.2) is 18.2 Å². The van der Waals surface area contributed by atoms with Crippen molar-refractivity contribution in [3.05, 3.63) is 29.3 Å². The molecule has 2 nitrogen and oxygen atoms in total. The summed E-state index contributed by atoms with van der Waals surface area (Å²) < 4.78 is 0. The van der Waals surface area contributed by atoms with Gasteiger partial charge in [-0.1, -0.05) is 17.7 Å². The molecule has 0 amide bonds. The van der Waals surface area contributed by atoms with Crippen molar-refractivity contribution in [2.75, 3.05) is 24.5 Å². The standard InChI is InChI=1S/C15H24N2/c1-12-5-6-14(13(2)11-12)17-9-7-15(3,4)16-8-10-17/h5-6,11,16H,7-10H2,1-4H3. The summed E-state index contributed by atoms with van der Waals surface area (Å²) in [7, 11) is 0. The summed E-state index contributed by atoms with van der Waals surface area (Å²) in [6.45, 7) is 12.3. The van der Waals surface area contributed by atoms with Gasteiger partial charge in [0.05, 0.1) is 0 Å². The van der Waals surface area contributed by atoms with Crippen LogP contribution in [0.2, 0.25) is 0 Å². The third kappa shape index (κ3) is 3.01. The zero-order valence-electron chi connectivity index (χ0n) is 11.5. The fourth-order valence-corrected chi connectivity index (χ4v) is 2.55. The van der Waals surface area contributed by atoms with Gasteiger partial charge in [0, 0.05) is 30.9 Å². The highest BCUT2D eigenvalue weighted by Crippen LogP contribution is 2.23. The predicted molar refractivity (Wildman–Crippen MR) is 74.8 cm³/mol. The molecule has 0 bridgehead atoms. The van der Waals surface area contributed by atoms with E-state index in [1.807, 2.05) is 0 Å². The molecule has 0 spiro atoms. The number of nitrogens with one attached hydrogen (secondary N) is 1. The van der Waals surface area contributed by atoms with Crippen molar-refractivity contribution in [1.29, 1.82) is 0 Å². The second kappa shape index (κ2) is 4.69.